The predicted molar refractivity (Wildman–Crippen MR) is 68.2 cm³/mol. The molecule has 2 aromatic rings. The van der Waals surface area contributed by atoms with Gasteiger partial charge in [-0.15, -0.1) is 0 Å². The fourth-order valence-corrected chi connectivity index (χ4v) is 1.63. The van der Waals surface area contributed by atoms with Crippen LogP contribution in [-0.4, -0.2) is 23.3 Å². The fraction of sp³-hybridized carbons (Fsp3) is 0.385. The van der Waals surface area contributed by atoms with E-state index in [1.54, 1.807) is 6.07 Å². The van der Waals surface area contributed by atoms with Gasteiger partial charge in [-0.2, -0.15) is 4.98 Å². The Labute approximate surface area is 110 Å². The summed E-state index contributed by atoms with van der Waals surface area (Å²) < 4.78 is 23.4. The van der Waals surface area contributed by atoms with Crippen LogP contribution in [-0.2, 0) is 6.42 Å². The number of methoxy groups -OCH3 is 1. The zero-order valence-electron chi connectivity index (χ0n) is 10.9. The Balaban J connectivity index is 2.22. The van der Waals surface area contributed by atoms with Crippen LogP contribution < -0.4 is 10.5 Å². The first-order valence-electron chi connectivity index (χ1n) is 6.06. The summed E-state index contributed by atoms with van der Waals surface area (Å²) in [5.41, 5.74) is 6.44. The molecule has 0 amide bonds. The number of nitrogens with two attached hydrogens (primary N) is 1. The van der Waals surface area contributed by atoms with Crippen molar-refractivity contribution < 1.29 is 13.7 Å². The molecule has 0 bridgehead atoms. The Morgan fingerprint density at radius 1 is 1.47 bits per heavy atom. The zero-order valence-corrected chi connectivity index (χ0v) is 10.9. The van der Waals surface area contributed by atoms with E-state index in [0.29, 0.717) is 23.7 Å². The summed E-state index contributed by atoms with van der Waals surface area (Å²) >= 11 is 0. The Morgan fingerprint density at radius 3 is 2.95 bits per heavy atom. The molecule has 0 fully saturated rings. The van der Waals surface area contributed by atoms with Gasteiger partial charge < -0.3 is 15.0 Å². The zero-order chi connectivity index (χ0) is 13.8. The second-order valence-electron chi connectivity index (χ2n) is 4.24. The fourth-order valence-electron chi connectivity index (χ4n) is 1.63. The highest BCUT2D eigenvalue weighted by Gasteiger charge is 2.13. The van der Waals surface area contributed by atoms with Crippen molar-refractivity contribution in [2.75, 3.05) is 7.11 Å². The van der Waals surface area contributed by atoms with E-state index in [4.69, 9.17) is 15.0 Å². The molecule has 2 rings (SSSR count). The number of benzene rings is 1. The first-order valence-corrected chi connectivity index (χ1v) is 6.06. The standard InChI is InChI=1S/C13H16FN3O2/c1-3-9(15)7-12-16-13(19-17-12)8-4-5-10(14)11(6-8)18-2/h4-6,9H,3,7,15H2,1-2H3. The van der Waals surface area contributed by atoms with Crippen molar-refractivity contribution in [2.45, 2.75) is 25.8 Å². The van der Waals surface area contributed by atoms with Gasteiger partial charge in [-0.05, 0) is 24.6 Å². The lowest BCUT2D eigenvalue weighted by molar-refractivity contribution is 0.385. The maximum atomic E-state index is 13.3. The van der Waals surface area contributed by atoms with Gasteiger partial charge in [-0.3, -0.25) is 0 Å². The summed E-state index contributed by atoms with van der Waals surface area (Å²) in [6, 6.07) is 4.39. The molecule has 1 atom stereocenters. The molecule has 1 unspecified atom stereocenters. The Hall–Kier alpha value is -1.95. The first-order chi connectivity index (χ1) is 9.13. The molecule has 0 aliphatic heterocycles. The quantitative estimate of drug-likeness (QED) is 0.896. The van der Waals surface area contributed by atoms with Crippen LogP contribution in [0.4, 0.5) is 4.39 Å². The number of halogens is 1. The van der Waals surface area contributed by atoms with Crippen molar-refractivity contribution in [2.24, 2.45) is 5.73 Å². The Bertz CT molecular complexity index is 557. The first kappa shape index (κ1) is 13.5. The molecular formula is C13H16FN3O2. The van der Waals surface area contributed by atoms with Crippen LogP contribution in [0.2, 0.25) is 0 Å². The summed E-state index contributed by atoms with van der Waals surface area (Å²) in [5, 5.41) is 3.86. The third-order valence-corrected chi connectivity index (χ3v) is 2.84. The van der Waals surface area contributed by atoms with E-state index < -0.39 is 5.82 Å². The third-order valence-electron chi connectivity index (χ3n) is 2.84. The lowest BCUT2D eigenvalue weighted by Gasteiger charge is -2.03. The van der Waals surface area contributed by atoms with Crippen molar-refractivity contribution in [1.29, 1.82) is 0 Å². The normalized spacial score (nSPS) is 12.4. The molecule has 1 heterocycles. The van der Waals surface area contributed by atoms with Crippen LogP contribution in [0.15, 0.2) is 22.7 Å². The molecule has 6 heteroatoms. The molecule has 5 nitrogen and oxygen atoms in total. The average Bonchev–Trinajstić information content (AvgIpc) is 2.87. The van der Waals surface area contributed by atoms with E-state index in [-0.39, 0.29) is 11.8 Å². The van der Waals surface area contributed by atoms with Gasteiger partial charge in [0.15, 0.2) is 17.4 Å². The number of aromatic nitrogens is 2. The molecule has 0 aliphatic carbocycles. The second kappa shape index (κ2) is 5.79. The van der Waals surface area contributed by atoms with E-state index in [2.05, 4.69) is 10.1 Å². The van der Waals surface area contributed by atoms with Gasteiger partial charge in [0.1, 0.15) is 0 Å². The summed E-state index contributed by atoms with van der Waals surface area (Å²) in [6.45, 7) is 2.00. The maximum absolute atomic E-state index is 13.3. The van der Waals surface area contributed by atoms with Crippen molar-refractivity contribution >= 4 is 0 Å². The molecule has 19 heavy (non-hydrogen) atoms. The van der Waals surface area contributed by atoms with Crippen LogP contribution in [0.25, 0.3) is 11.5 Å². The van der Waals surface area contributed by atoms with Gasteiger partial charge in [-0.1, -0.05) is 12.1 Å². The number of nitrogens with zero attached hydrogens (tertiary/aromatic N) is 2. The number of rotatable bonds is 5. The van der Waals surface area contributed by atoms with E-state index in [0.717, 1.165) is 6.42 Å². The molecule has 0 saturated carbocycles. The highest BCUT2D eigenvalue weighted by atomic mass is 19.1. The molecule has 0 radical (unpaired) electrons. The van der Waals surface area contributed by atoms with Crippen LogP contribution in [0.1, 0.15) is 19.2 Å². The molecule has 1 aromatic heterocycles. The van der Waals surface area contributed by atoms with Crippen LogP contribution >= 0.6 is 0 Å². The number of hydrogen-bond donors (Lipinski definition) is 1. The topological polar surface area (TPSA) is 74.2 Å². The minimum absolute atomic E-state index is 0.00760. The summed E-state index contributed by atoms with van der Waals surface area (Å²) in [4.78, 5) is 4.24. The van der Waals surface area contributed by atoms with Crippen LogP contribution in [0, 0.1) is 5.82 Å². The molecule has 2 N–H and O–H groups in total. The molecule has 0 saturated heterocycles. The average molecular weight is 265 g/mol. The smallest absolute Gasteiger partial charge is 0.258 e. The van der Waals surface area contributed by atoms with Crippen molar-refractivity contribution in [3.8, 4) is 17.2 Å². The number of ether oxygens (including phenoxy) is 1. The predicted octanol–water partition coefficient (Wildman–Crippen LogP) is 2.16. The molecule has 1 aromatic carbocycles. The number of hydrogen-bond acceptors (Lipinski definition) is 5. The lowest BCUT2D eigenvalue weighted by Crippen LogP contribution is -2.21. The maximum Gasteiger partial charge on any atom is 0.258 e. The van der Waals surface area contributed by atoms with Gasteiger partial charge in [0.25, 0.3) is 5.89 Å². The monoisotopic (exact) mass is 265 g/mol. The minimum Gasteiger partial charge on any atom is -0.494 e. The highest BCUT2D eigenvalue weighted by Crippen LogP contribution is 2.25. The van der Waals surface area contributed by atoms with Crippen LogP contribution in [0.5, 0.6) is 5.75 Å². The van der Waals surface area contributed by atoms with Crippen molar-refractivity contribution in [1.82, 2.24) is 10.1 Å². The van der Waals surface area contributed by atoms with Crippen LogP contribution in [0.3, 0.4) is 0 Å². The van der Waals surface area contributed by atoms with Crippen molar-refractivity contribution in [3.63, 3.8) is 0 Å². The van der Waals surface area contributed by atoms with Gasteiger partial charge >= 0.3 is 0 Å². The van der Waals surface area contributed by atoms with Gasteiger partial charge in [-0.25, -0.2) is 4.39 Å². The molecular weight excluding hydrogens is 249 g/mol. The third kappa shape index (κ3) is 3.08. The Morgan fingerprint density at radius 2 is 2.26 bits per heavy atom. The van der Waals surface area contributed by atoms with Gasteiger partial charge in [0.05, 0.1) is 7.11 Å². The SMILES string of the molecule is CCC(N)Cc1noc(-c2ccc(F)c(OC)c2)n1. The molecule has 0 spiro atoms. The summed E-state index contributed by atoms with van der Waals surface area (Å²) in [6.07, 6.45) is 1.40. The highest BCUT2D eigenvalue weighted by molar-refractivity contribution is 5.55. The minimum atomic E-state index is -0.431. The Kier molecular flexibility index (Phi) is 4.11. The largest absolute Gasteiger partial charge is 0.494 e. The van der Waals surface area contributed by atoms with E-state index in [1.807, 2.05) is 6.92 Å². The molecule has 0 aliphatic rings. The second-order valence-corrected chi connectivity index (χ2v) is 4.24. The van der Waals surface area contributed by atoms with E-state index in [1.165, 1.54) is 19.2 Å². The van der Waals surface area contributed by atoms with Gasteiger partial charge in [0, 0.05) is 18.0 Å². The lowest BCUT2D eigenvalue weighted by atomic mass is 10.1. The van der Waals surface area contributed by atoms with E-state index in [9.17, 15) is 4.39 Å². The summed E-state index contributed by atoms with van der Waals surface area (Å²) in [5.74, 6) is 0.589. The molecule has 102 valence electrons. The van der Waals surface area contributed by atoms with E-state index >= 15 is 0 Å². The van der Waals surface area contributed by atoms with Crippen molar-refractivity contribution in [3.05, 3.63) is 29.8 Å². The van der Waals surface area contributed by atoms with Gasteiger partial charge in [0.2, 0.25) is 0 Å². The summed E-state index contributed by atoms with van der Waals surface area (Å²) in [7, 11) is 1.40.